The SMILES string of the molecule is CCC1NC(=O)C(C(C)(C)C)N(CC2CCOC2)C1=O. The molecule has 5 nitrogen and oxygen atoms in total. The van der Waals surface area contributed by atoms with Crippen LogP contribution in [-0.2, 0) is 14.3 Å². The Balaban J connectivity index is 2.22. The number of hydrogen-bond acceptors (Lipinski definition) is 3. The molecule has 1 N–H and O–H groups in total. The first-order chi connectivity index (χ1) is 9.34. The topological polar surface area (TPSA) is 58.6 Å². The molecule has 20 heavy (non-hydrogen) atoms. The average molecular weight is 282 g/mol. The molecule has 2 aliphatic heterocycles. The molecule has 0 aromatic heterocycles. The summed E-state index contributed by atoms with van der Waals surface area (Å²) in [7, 11) is 0. The van der Waals surface area contributed by atoms with E-state index in [1.54, 1.807) is 4.90 Å². The second-order valence-electron chi connectivity index (χ2n) is 6.96. The summed E-state index contributed by atoms with van der Waals surface area (Å²) in [6.07, 6.45) is 1.61. The Morgan fingerprint density at radius 3 is 2.55 bits per heavy atom. The van der Waals surface area contributed by atoms with Gasteiger partial charge in [-0.25, -0.2) is 0 Å². The number of ether oxygens (including phenoxy) is 1. The van der Waals surface area contributed by atoms with Crippen molar-refractivity contribution in [3.05, 3.63) is 0 Å². The van der Waals surface area contributed by atoms with Crippen molar-refractivity contribution in [2.75, 3.05) is 19.8 Å². The molecule has 5 heteroatoms. The van der Waals surface area contributed by atoms with E-state index >= 15 is 0 Å². The van der Waals surface area contributed by atoms with E-state index in [0.29, 0.717) is 25.5 Å². The van der Waals surface area contributed by atoms with Crippen molar-refractivity contribution in [2.24, 2.45) is 11.3 Å². The Morgan fingerprint density at radius 1 is 1.35 bits per heavy atom. The van der Waals surface area contributed by atoms with Gasteiger partial charge in [0.2, 0.25) is 11.8 Å². The maximum Gasteiger partial charge on any atom is 0.245 e. The highest BCUT2D eigenvalue weighted by atomic mass is 16.5. The van der Waals surface area contributed by atoms with Gasteiger partial charge in [-0.3, -0.25) is 9.59 Å². The van der Waals surface area contributed by atoms with Gasteiger partial charge in [-0.1, -0.05) is 27.7 Å². The molecule has 0 spiro atoms. The molecular formula is C15H26N2O3. The number of carbonyl (C=O) groups excluding carboxylic acids is 2. The van der Waals surface area contributed by atoms with Crippen LogP contribution in [0.2, 0.25) is 0 Å². The fourth-order valence-corrected chi connectivity index (χ4v) is 3.12. The second kappa shape index (κ2) is 5.72. The first-order valence-electron chi connectivity index (χ1n) is 7.53. The van der Waals surface area contributed by atoms with Gasteiger partial charge in [-0.15, -0.1) is 0 Å². The second-order valence-corrected chi connectivity index (χ2v) is 6.96. The fraction of sp³-hybridized carbons (Fsp3) is 0.867. The van der Waals surface area contributed by atoms with E-state index in [2.05, 4.69) is 5.32 Å². The van der Waals surface area contributed by atoms with Crippen molar-refractivity contribution in [1.29, 1.82) is 0 Å². The van der Waals surface area contributed by atoms with Gasteiger partial charge < -0.3 is 15.0 Å². The van der Waals surface area contributed by atoms with Crippen LogP contribution in [0.1, 0.15) is 40.5 Å². The van der Waals surface area contributed by atoms with Gasteiger partial charge in [0, 0.05) is 19.1 Å². The highest BCUT2D eigenvalue weighted by Crippen LogP contribution is 2.30. The molecule has 0 bridgehead atoms. The molecule has 3 unspecified atom stereocenters. The van der Waals surface area contributed by atoms with Crippen LogP contribution in [0.15, 0.2) is 0 Å². The molecule has 2 amide bonds. The van der Waals surface area contributed by atoms with E-state index in [-0.39, 0.29) is 23.3 Å². The predicted octanol–water partition coefficient (Wildman–Crippen LogP) is 1.17. The third-order valence-corrected chi connectivity index (χ3v) is 4.17. The van der Waals surface area contributed by atoms with Crippen molar-refractivity contribution in [3.63, 3.8) is 0 Å². The third kappa shape index (κ3) is 2.97. The Bertz CT molecular complexity index is 383. The number of piperazine rings is 1. The van der Waals surface area contributed by atoms with Crippen molar-refractivity contribution < 1.29 is 14.3 Å². The number of nitrogens with zero attached hydrogens (tertiary/aromatic N) is 1. The Labute approximate surface area is 121 Å². The molecule has 0 aromatic rings. The Hall–Kier alpha value is -1.10. The van der Waals surface area contributed by atoms with Gasteiger partial charge in [0.05, 0.1) is 6.61 Å². The van der Waals surface area contributed by atoms with Crippen LogP contribution in [0.4, 0.5) is 0 Å². The minimum Gasteiger partial charge on any atom is -0.381 e. The van der Waals surface area contributed by atoms with Crippen LogP contribution >= 0.6 is 0 Å². The van der Waals surface area contributed by atoms with Gasteiger partial charge in [0.25, 0.3) is 0 Å². The van der Waals surface area contributed by atoms with E-state index in [1.165, 1.54) is 0 Å². The quantitative estimate of drug-likeness (QED) is 0.845. The van der Waals surface area contributed by atoms with Gasteiger partial charge in [-0.2, -0.15) is 0 Å². The number of carbonyl (C=O) groups is 2. The normalized spacial score (nSPS) is 31.6. The van der Waals surface area contributed by atoms with E-state index in [0.717, 1.165) is 13.0 Å². The van der Waals surface area contributed by atoms with E-state index in [4.69, 9.17) is 4.74 Å². The molecule has 2 fully saturated rings. The summed E-state index contributed by atoms with van der Waals surface area (Å²) in [5, 5.41) is 2.87. The maximum absolute atomic E-state index is 12.6. The smallest absolute Gasteiger partial charge is 0.245 e. The van der Waals surface area contributed by atoms with Crippen LogP contribution in [0, 0.1) is 11.3 Å². The standard InChI is InChI=1S/C15H26N2O3/c1-5-11-14(19)17(8-10-6-7-20-9-10)12(13(18)16-11)15(2,3)4/h10-12H,5-9H2,1-4H3,(H,16,18). The molecular weight excluding hydrogens is 256 g/mol. The number of rotatable bonds is 3. The summed E-state index contributed by atoms with van der Waals surface area (Å²) in [4.78, 5) is 26.8. The van der Waals surface area contributed by atoms with Crippen molar-refractivity contribution >= 4 is 11.8 Å². The minimum absolute atomic E-state index is 0.0251. The largest absolute Gasteiger partial charge is 0.381 e. The van der Waals surface area contributed by atoms with Crippen molar-refractivity contribution in [3.8, 4) is 0 Å². The molecule has 0 radical (unpaired) electrons. The molecule has 0 aromatic carbocycles. The molecule has 2 rings (SSSR count). The summed E-state index contributed by atoms with van der Waals surface area (Å²) >= 11 is 0. The highest BCUT2D eigenvalue weighted by molar-refractivity contribution is 5.97. The van der Waals surface area contributed by atoms with E-state index in [1.807, 2.05) is 27.7 Å². The van der Waals surface area contributed by atoms with E-state index < -0.39 is 6.04 Å². The van der Waals surface area contributed by atoms with Crippen molar-refractivity contribution in [2.45, 2.75) is 52.6 Å². The average Bonchev–Trinajstić information content (AvgIpc) is 2.84. The zero-order chi connectivity index (χ0) is 14.9. The van der Waals surface area contributed by atoms with Crippen LogP contribution in [0.25, 0.3) is 0 Å². The Morgan fingerprint density at radius 2 is 2.05 bits per heavy atom. The Kier molecular flexibility index (Phi) is 4.37. The number of amides is 2. The zero-order valence-electron chi connectivity index (χ0n) is 12.9. The van der Waals surface area contributed by atoms with Crippen LogP contribution in [0.5, 0.6) is 0 Å². The lowest BCUT2D eigenvalue weighted by Gasteiger charge is -2.45. The summed E-state index contributed by atoms with van der Waals surface area (Å²) in [6, 6.07) is -0.762. The minimum atomic E-state index is -0.390. The summed E-state index contributed by atoms with van der Waals surface area (Å²) in [5.74, 6) is 0.383. The molecule has 2 heterocycles. The lowest BCUT2D eigenvalue weighted by molar-refractivity contribution is -0.154. The summed E-state index contributed by atoms with van der Waals surface area (Å²) < 4.78 is 5.40. The monoisotopic (exact) mass is 282 g/mol. The summed E-state index contributed by atoms with van der Waals surface area (Å²) in [5.41, 5.74) is -0.266. The fourth-order valence-electron chi connectivity index (χ4n) is 3.12. The highest BCUT2D eigenvalue weighted by Gasteiger charge is 2.46. The van der Waals surface area contributed by atoms with Crippen LogP contribution in [-0.4, -0.2) is 48.6 Å². The van der Waals surface area contributed by atoms with E-state index in [9.17, 15) is 9.59 Å². The summed E-state index contributed by atoms with van der Waals surface area (Å²) in [6.45, 7) is 10.0. The van der Waals surface area contributed by atoms with Crippen LogP contribution < -0.4 is 5.32 Å². The molecule has 2 saturated heterocycles. The molecule has 0 saturated carbocycles. The van der Waals surface area contributed by atoms with Crippen LogP contribution in [0.3, 0.4) is 0 Å². The lowest BCUT2D eigenvalue weighted by atomic mass is 9.82. The first kappa shape index (κ1) is 15.3. The van der Waals surface area contributed by atoms with Gasteiger partial charge in [-0.05, 0) is 18.3 Å². The maximum atomic E-state index is 12.6. The number of hydrogen-bond donors (Lipinski definition) is 1. The first-order valence-corrected chi connectivity index (χ1v) is 7.53. The van der Waals surface area contributed by atoms with Gasteiger partial charge in [0.15, 0.2) is 0 Å². The molecule has 0 aliphatic carbocycles. The van der Waals surface area contributed by atoms with Gasteiger partial charge in [0.1, 0.15) is 12.1 Å². The zero-order valence-corrected chi connectivity index (χ0v) is 12.9. The van der Waals surface area contributed by atoms with Gasteiger partial charge >= 0.3 is 0 Å². The number of nitrogens with one attached hydrogen (secondary N) is 1. The predicted molar refractivity (Wildman–Crippen MR) is 76.1 cm³/mol. The molecule has 114 valence electrons. The third-order valence-electron chi connectivity index (χ3n) is 4.17. The lowest BCUT2D eigenvalue weighted by Crippen LogP contribution is -2.67. The molecule has 3 atom stereocenters. The van der Waals surface area contributed by atoms with Crippen molar-refractivity contribution in [1.82, 2.24) is 10.2 Å². The molecule has 2 aliphatic rings.